The molecular formula is C18H12ClF2NO. The monoisotopic (exact) mass is 331 g/mol. The van der Waals surface area contributed by atoms with E-state index in [1.54, 1.807) is 43.5 Å². The number of halogens is 3. The average Bonchev–Trinajstić information content (AvgIpc) is 2.94. The summed E-state index contributed by atoms with van der Waals surface area (Å²) in [5.74, 6) is -0.450. The lowest BCUT2D eigenvalue weighted by Crippen LogP contribution is -1.94. The Labute approximate surface area is 137 Å². The second-order valence-corrected chi connectivity index (χ2v) is 5.45. The van der Waals surface area contributed by atoms with E-state index < -0.39 is 11.6 Å². The minimum absolute atomic E-state index is 0.211. The van der Waals surface area contributed by atoms with Gasteiger partial charge in [-0.2, -0.15) is 0 Å². The molecule has 23 heavy (non-hydrogen) atoms. The summed E-state index contributed by atoms with van der Waals surface area (Å²) < 4.78 is 32.9. The predicted octanol–water partition coefficient (Wildman–Crippen LogP) is 5.50. The van der Waals surface area contributed by atoms with Gasteiger partial charge in [-0.1, -0.05) is 23.7 Å². The first kappa shape index (κ1) is 15.4. The summed E-state index contributed by atoms with van der Waals surface area (Å²) >= 11 is 5.87. The lowest BCUT2D eigenvalue weighted by atomic mass is 10.0. The van der Waals surface area contributed by atoms with Gasteiger partial charge in [-0.15, -0.1) is 0 Å². The Hall–Kier alpha value is -2.46. The molecule has 2 aromatic carbocycles. The Bertz CT molecular complexity index is 869. The zero-order chi connectivity index (χ0) is 16.4. The Morgan fingerprint density at radius 1 is 1.13 bits per heavy atom. The molecule has 0 atom stereocenters. The third-order valence-corrected chi connectivity index (χ3v) is 3.51. The second-order valence-electron chi connectivity index (χ2n) is 5.01. The van der Waals surface area contributed by atoms with E-state index in [0.717, 1.165) is 11.6 Å². The summed E-state index contributed by atoms with van der Waals surface area (Å²) in [5.41, 5.74) is 1.44. The van der Waals surface area contributed by atoms with Gasteiger partial charge >= 0.3 is 0 Å². The largest absolute Gasteiger partial charge is 0.441 e. The van der Waals surface area contributed by atoms with Crippen LogP contribution in [0.2, 0.25) is 5.02 Å². The molecule has 3 aromatic rings. The molecule has 2 nitrogen and oxygen atoms in total. The molecule has 0 amide bonds. The minimum atomic E-state index is -0.680. The van der Waals surface area contributed by atoms with Gasteiger partial charge in [0.1, 0.15) is 17.4 Å². The van der Waals surface area contributed by atoms with Crippen molar-refractivity contribution < 1.29 is 13.2 Å². The number of aromatic nitrogens is 1. The lowest BCUT2D eigenvalue weighted by molar-refractivity contribution is 0.512. The van der Waals surface area contributed by atoms with Gasteiger partial charge in [-0.3, -0.25) is 0 Å². The van der Waals surface area contributed by atoms with Crippen molar-refractivity contribution in [2.24, 2.45) is 0 Å². The van der Waals surface area contributed by atoms with Crippen molar-refractivity contribution in [1.29, 1.82) is 0 Å². The number of hydrogen-bond donors (Lipinski definition) is 0. The van der Waals surface area contributed by atoms with E-state index in [0.29, 0.717) is 16.4 Å². The first-order valence-corrected chi connectivity index (χ1v) is 7.26. The van der Waals surface area contributed by atoms with Crippen LogP contribution in [0.4, 0.5) is 8.78 Å². The maximum absolute atomic E-state index is 14.2. The van der Waals surface area contributed by atoms with Crippen LogP contribution in [0.1, 0.15) is 22.8 Å². The topological polar surface area (TPSA) is 26.0 Å². The van der Waals surface area contributed by atoms with E-state index in [1.165, 1.54) is 12.1 Å². The lowest BCUT2D eigenvalue weighted by Gasteiger charge is -2.06. The quantitative estimate of drug-likeness (QED) is 0.592. The number of nitrogens with zero attached hydrogens (tertiary/aromatic N) is 1. The van der Waals surface area contributed by atoms with Gasteiger partial charge in [-0.05, 0) is 42.8 Å². The van der Waals surface area contributed by atoms with Crippen LogP contribution in [-0.2, 0) is 0 Å². The molecule has 0 aliphatic carbocycles. The molecule has 1 heterocycles. The maximum atomic E-state index is 14.2. The predicted molar refractivity (Wildman–Crippen MR) is 86.0 cm³/mol. The molecule has 0 unspecified atom stereocenters. The molecule has 1 aromatic heterocycles. The van der Waals surface area contributed by atoms with Gasteiger partial charge in [0.25, 0.3) is 0 Å². The average molecular weight is 332 g/mol. The van der Waals surface area contributed by atoms with Crippen molar-refractivity contribution in [1.82, 2.24) is 4.98 Å². The van der Waals surface area contributed by atoms with Crippen molar-refractivity contribution in [2.75, 3.05) is 0 Å². The fourth-order valence-corrected chi connectivity index (χ4v) is 2.29. The summed E-state index contributed by atoms with van der Waals surface area (Å²) in [4.78, 5) is 4.15. The van der Waals surface area contributed by atoms with Gasteiger partial charge in [0.05, 0.1) is 6.20 Å². The number of aryl methyl sites for hydroxylation is 1. The van der Waals surface area contributed by atoms with E-state index in [4.69, 9.17) is 16.0 Å². The van der Waals surface area contributed by atoms with Crippen LogP contribution in [0, 0.1) is 18.6 Å². The van der Waals surface area contributed by atoms with Gasteiger partial charge < -0.3 is 4.42 Å². The van der Waals surface area contributed by atoms with E-state index in [2.05, 4.69) is 4.98 Å². The van der Waals surface area contributed by atoms with Gasteiger partial charge in [0.15, 0.2) is 0 Å². The van der Waals surface area contributed by atoms with Crippen molar-refractivity contribution in [2.45, 2.75) is 6.92 Å². The standard InChI is InChI=1S/C18H12ClF2NO/c1-11-10-22-18(23-11)16(8-12-2-4-13(19)5-3-12)15-7-6-14(20)9-17(15)21/h2-10H,1H3/b16-8+. The summed E-state index contributed by atoms with van der Waals surface area (Å²) in [6.07, 6.45) is 3.27. The first-order valence-electron chi connectivity index (χ1n) is 6.88. The zero-order valence-electron chi connectivity index (χ0n) is 12.2. The highest BCUT2D eigenvalue weighted by Crippen LogP contribution is 2.28. The van der Waals surface area contributed by atoms with Gasteiger partial charge in [0.2, 0.25) is 5.89 Å². The number of benzene rings is 2. The number of oxazole rings is 1. The maximum Gasteiger partial charge on any atom is 0.226 e. The molecule has 0 fully saturated rings. The zero-order valence-corrected chi connectivity index (χ0v) is 12.9. The fourth-order valence-electron chi connectivity index (χ4n) is 2.17. The second kappa shape index (κ2) is 6.34. The van der Waals surface area contributed by atoms with Gasteiger partial charge in [0, 0.05) is 22.2 Å². The molecule has 0 spiro atoms. The Morgan fingerprint density at radius 3 is 2.48 bits per heavy atom. The molecule has 0 radical (unpaired) electrons. The highest BCUT2D eigenvalue weighted by Gasteiger charge is 2.16. The molecule has 116 valence electrons. The van der Waals surface area contributed by atoms with Crippen molar-refractivity contribution in [3.8, 4) is 0 Å². The highest BCUT2D eigenvalue weighted by atomic mass is 35.5. The van der Waals surface area contributed by atoms with Crippen LogP contribution in [0.15, 0.2) is 53.1 Å². The third-order valence-electron chi connectivity index (χ3n) is 3.25. The van der Waals surface area contributed by atoms with Crippen LogP contribution in [0.3, 0.4) is 0 Å². The van der Waals surface area contributed by atoms with Crippen LogP contribution in [-0.4, -0.2) is 4.98 Å². The molecule has 0 aliphatic heterocycles. The third kappa shape index (κ3) is 3.48. The Morgan fingerprint density at radius 2 is 1.87 bits per heavy atom. The molecule has 0 aliphatic rings. The summed E-state index contributed by atoms with van der Waals surface area (Å²) in [7, 11) is 0. The van der Waals surface area contributed by atoms with E-state index >= 15 is 0 Å². The molecule has 0 N–H and O–H groups in total. The van der Waals surface area contributed by atoms with E-state index in [1.807, 2.05) is 0 Å². The fraction of sp³-hybridized carbons (Fsp3) is 0.0556. The van der Waals surface area contributed by atoms with Crippen LogP contribution in [0.25, 0.3) is 11.6 Å². The molecule has 0 saturated carbocycles. The summed E-state index contributed by atoms with van der Waals surface area (Å²) in [6, 6.07) is 10.4. The Balaban J connectivity index is 2.16. The SMILES string of the molecule is Cc1cnc(/C(=C/c2ccc(Cl)cc2)c2ccc(F)cc2F)o1. The van der Waals surface area contributed by atoms with Crippen molar-refractivity contribution in [3.05, 3.63) is 88.1 Å². The molecule has 3 rings (SSSR count). The van der Waals surface area contributed by atoms with Crippen LogP contribution < -0.4 is 0 Å². The first-order chi connectivity index (χ1) is 11.0. The van der Waals surface area contributed by atoms with Crippen molar-refractivity contribution >= 4 is 23.3 Å². The smallest absolute Gasteiger partial charge is 0.226 e. The van der Waals surface area contributed by atoms with Crippen LogP contribution >= 0.6 is 11.6 Å². The van der Waals surface area contributed by atoms with Crippen molar-refractivity contribution in [3.63, 3.8) is 0 Å². The number of hydrogen-bond acceptors (Lipinski definition) is 2. The van der Waals surface area contributed by atoms with E-state index in [-0.39, 0.29) is 11.5 Å². The molecule has 0 bridgehead atoms. The van der Waals surface area contributed by atoms with Gasteiger partial charge in [-0.25, -0.2) is 13.8 Å². The molecule has 5 heteroatoms. The Kier molecular flexibility index (Phi) is 4.26. The normalized spacial score (nSPS) is 11.7. The highest BCUT2D eigenvalue weighted by molar-refractivity contribution is 6.30. The molecule has 0 saturated heterocycles. The van der Waals surface area contributed by atoms with Crippen LogP contribution in [0.5, 0.6) is 0 Å². The molecular weight excluding hydrogens is 320 g/mol. The summed E-state index contributed by atoms with van der Waals surface area (Å²) in [6.45, 7) is 1.75. The summed E-state index contributed by atoms with van der Waals surface area (Å²) in [5, 5.41) is 0.601. The number of rotatable bonds is 3. The van der Waals surface area contributed by atoms with E-state index in [9.17, 15) is 8.78 Å². The minimum Gasteiger partial charge on any atom is -0.441 e.